The molecule has 2 aliphatic rings. The van der Waals surface area contributed by atoms with Gasteiger partial charge in [-0.2, -0.15) is 0 Å². The number of halogens is 1. The van der Waals surface area contributed by atoms with E-state index in [0.717, 1.165) is 63.5 Å². The fourth-order valence-corrected chi connectivity index (χ4v) is 3.11. The van der Waals surface area contributed by atoms with Crippen molar-refractivity contribution in [3.05, 3.63) is 29.8 Å². The van der Waals surface area contributed by atoms with Crippen LogP contribution in [-0.2, 0) is 16.1 Å². The van der Waals surface area contributed by atoms with Crippen LogP contribution in [0.15, 0.2) is 24.3 Å². The number of hydrogen-bond acceptors (Lipinski definition) is 5. The second-order valence-electron chi connectivity index (χ2n) is 6.28. The zero-order valence-corrected chi connectivity index (χ0v) is 15.4. The van der Waals surface area contributed by atoms with Crippen LogP contribution in [0.2, 0.25) is 0 Å². The van der Waals surface area contributed by atoms with Gasteiger partial charge in [0, 0.05) is 31.7 Å². The Bertz CT molecular complexity index is 532. The molecule has 1 atom stereocenters. The minimum Gasteiger partial charge on any atom is -0.492 e. The normalized spacial score (nSPS) is 20.7. The number of carbonyl (C=O) groups excluding carboxylic acids is 1. The summed E-state index contributed by atoms with van der Waals surface area (Å²) in [7, 11) is 0. The van der Waals surface area contributed by atoms with Gasteiger partial charge >= 0.3 is 0 Å². The van der Waals surface area contributed by atoms with Gasteiger partial charge in [0.15, 0.2) is 0 Å². The Morgan fingerprint density at radius 1 is 1.32 bits per heavy atom. The van der Waals surface area contributed by atoms with Crippen LogP contribution in [-0.4, -0.2) is 62.8 Å². The van der Waals surface area contributed by atoms with Gasteiger partial charge in [0.2, 0.25) is 5.91 Å². The van der Waals surface area contributed by atoms with Gasteiger partial charge in [-0.25, -0.2) is 0 Å². The Morgan fingerprint density at radius 3 is 2.88 bits per heavy atom. The molecule has 1 aromatic carbocycles. The van der Waals surface area contributed by atoms with E-state index >= 15 is 0 Å². The summed E-state index contributed by atoms with van der Waals surface area (Å²) in [6.45, 7) is 6.52. The van der Waals surface area contributed by atoms with Crippen molar-refractivity contribution < 1.29 is 14.3 Å². The van der Waals surface area contributed by atoms with Crippen molar-refractivity contribution >= 4 is 18.3 Å². The largest absolute Gasteiger partial charge is 0.492 e. The molecule has 3 rings (SSSR count). The number of rotatable bonds is 7. The molecule has 2 N–H and O–H groups in total. The summed E-state index contributed by atoms with van der Waals surface area (Å²) in [5.74, 6) is 0.932. The van der Waals surface area contributed by atoms with Crippen molar-refractivity contribution in [1.82, 2.24) is 15.5 Å². The molecule has 2 fully saturated rings. The van der Waals surface area contributed by atoms with Crippen molar-refractivity contribution in [1.29, 1.82) is 0 Å². The van der Waals surface area contributed by atoms with Gasteiger partial charge in [-0.3, -0.25) is 9.69 Å². The molecule has 0 unspecified atom stereocenters. The lowest BCUT2D eigenvalue weighted by molar-refractivity contribution is -0.122. The first kappa shape index (κ1) is 20.0. The lowest BCUT2D eigenvalue weighted by Gasteiger charge is -2.26. The minimum atomic E-state index is -0.0422. The number of benzene rings is 1. The number of amides is 1. The van der Waals surface area contributed by atoms with Crippen molar-refractivity contribution in [2.45, 2.75) is 25.4 Å². The standard InChI is InChI=1S/C18H27N3O3.ClH/c22-18(16-5-3-7-19-16)20-14-15-4-1-2-6-17(15)24-13-10-21-8-11-23-12-9-21;/h1-2,4,6,16,19H,3,5,7-14H2,(H,20,22);1H/t16-;/m0./s1. The predicted octanol–water partition coefficient (Wildman–Crippen LogP) is 1.19. The Hall–Kier alpha value is -1.34. The number of morpholine rings is 1. The van der Waals surface area contributed by atoms with Gasteiger partial charge in [-0.1, -0.05) is 18.2 Å². The topological polar surface area (TPSA) is 62.8 Å². The van der Waals surface area contributed by atoms with Crippen LogP contribution in [0.5, 0.6) is 5.75 Å². The summed E-state index contributed by atoms with van der Waals surface area (Å²) < 4.78 is 11.3. The van der Waals surface area contributed by atoms with E-state index in [2.05, 4.69) is 15.5 Å². The number of carbonyl (C=O) groups is 1. The number of nitrogens with one attached hydrogen (secondary N) is 2. The smallest absolute Gasteiger partial charge is 0.237 e. The molecule has 2 saturated heterocycles. The third kappa shape index (κ3) is 6.15. The van der Waals surface area contributed by atoms with Gasteiger partial charge in [-0.15, -0.1) is 12.4 Å². The molecule has 6 nitrogen and oxygen atoms in total. The van der Waals surface area contributed by atoms with E-state index in [0.29, 0.717) is 13.2 Å². The zero-order valence-electron chi connectivity index (χ0n) is 14.5. The highest BCUT2D eigenvalue weighted by Crippen LogP contribution is 2.18. The van der Waals surface area contributed by atoms with E-state index in [9.17, 15) is 4.79 Å². The minimum absolute atomic E-state index is 0. The van der Waals surface area contributed by atoms with Crippen molar-refractivity contribution in [3.63, 3.8) is 0 Å². The number of hydrogen-bond donors (Lipinski definition) is 2. The molecule has 2 heterocycles. The van der Waals surface area contributed by atoms with Crippen LogP contribution in [0, 0.1) is 0 Å². The van der Waals surface area contributed by atoms with Crippen molar-refractivity contribution in [2.75, 3.05) is 46.0 Å². The molecule has 25 heavy (non-hydrogen) atoms. The summed E-state index contributed by atoms with van der Waals surface area (Å²) in [4.78, 5) is 14.5. The third-order valence-corrected chi connectivity index (χ3v) is 4.57. The van der Waals surface area contributed by atoms with E-state index in [-0.39, 0.29) is 24.4 Å². The average Bonchev–Trinajstić information content (AvgIpc) is 3.16. The van der Waals surface area contributed by atoms with Crippen LogP contribution < -0.4 is 15.4 Å². The van der Waals surface area contributed by atoms with Gasteiger partial charge in [0.05, 0.1) is 19.3 Å². The van der Waals surface area contributed by atoms with E-state index in [1.54, 1.807) is 0 Å². The molecule has 0 aliphatic carbocycles. The molecule has 0 bridgehead atoms. The first-order valence-electron chi connectivity index (χ1n) is 8.85. The molecular weight excluding hydrogens is 342 g/mol. The monoisotopic (exact) mass is 369 g/mol. The maximum Gasteiger partial charge on any atom is 0.237 e. The highest BCUT2D eigenvalue weighted by molar-refractivity contribution is 5.85. The van der Waals surface area contributed by atoms with E-state index < -0.39 is 0 Å². The van der Waals surface area contributed by atoms with Crippen molar-refractivity contribution in [2.24, 2.45) is 0 Å². The molecule has 1 aromatic rings. The average molecular weight is 370 g/mol. The Balaban J connectivity index is 0.00000225. The van der Waals surface area contributed by atoms with Gasteiger partial charge in [-0.05, 0) is 25.5 Å². The van der Waals surface area contributed by atoms with Crippen LogP contribution in [0.4, 0.5) is 0 Å². The van der Waals surface area contributed by atoms with Crippen molar-refractivity contribution in [3.8, 4) is 5.75 Å². The van der Waals surface area contributed by atoms with E-state index in [4.69, 9.17) is 9.47 Å². The lowest BCUT2D eigenvalue weighted by atomic mass is 10.2. The summed E-state index contributed by atoms with van der Waals surface area (Å²) >= 11 is 0. The molecule has 0 spiro atoms. The molecule has 0 saturated carbocycles. The third-order valence-electron chi connectivity index (χ3n) is 4.57. The first-order chi connectivity index (χ1) is 11.8. The van der Waals surface area contributed by atoms with E-state index in [1.165, 1.54) is 0 Å². The Labute approximate surface area is 155 Å². The van der Waals surface area contributed by atoms with Crippen LogP contribution >= 0.6 is 12.4 Å². The summed E-state index contributed by atoms with van der Waals surface area (Å²) in [6.07, 6.45) is 1.99. The van der Waals surface area contributed by atoms with Crippen LogP contribution in [0.25, 0.3) is 0 Å². The summed E-state index contributed by atoms with van der Waals surface area (Å²) in [5, 5.41) is 6.23. The second-order valence-corrected chi connectivity index (χ2v) is 6.28. The summed E-state index contributed by atoms with van der Waals surface area (Å²) in [5.41, 5.74) is 1.02. The quantitative estimate of drug-likeness (QED) is 0.756. The molecular formula is C18H28ClN3O3. The molecule has 0 aromatic heterocycles. The first-order valence-corrected chi connectivity index (χ1v) is 8.85. The van der Waals surface area contributed by atoms with Gasteiger partial charge in [0.25, 0.3) is 0 Å². The van der Waals surface area contributed by atoms with E-state index in [1.807, 2.05) is 24.3 Å². The van der Waals surface area contributed by atoms with Gasteiger partial charge < -0.3 is 20.1 Å². The second kappa shape index (κ2) is 10.6. The fraction of sp³-hybridized carbons (Fsp3) is 0.611. The summed E-state index contributed by atoms with van der Waals surface area (Å²) in [6, 6.07) is 7.87. The molecule has 1 amide bonds. The molecule has 140 valence electrons. The molecule has 2 aliphatic heterocycles. The number of ether oxygens (including phenoxy) is 2. The zero-order chi connectivity index (χ0) is 16.6. The Kier molecular flexibility index (Phi) is 8.48. The highest BCUT2D eigenvalue weighted by Gasteiger charge is 2.21. The van der Waals surface area contributed by atoms with Crippen LogP contribution in [0.3, 0.4) is 0 Å². The Morgan fingerprint density at radius 2 is 2.12 bits per heavy atom. The maximum absolute atomic E-state index is 12.1. The molecule has 0 radical (unpaired) electrons. The lowest BCUT2D eigenvalue weighted by Crippen LogP contribution is -2.40. The SMILES string of the molecule is Cl.O=C(NCc1ccccc1OCCN1CCOCC1)[C@@H]1CCCN1. The highest BCUT2D eigenvalue weighted by atomic mass is 35.5. The predicted molar refractivity (Wildman–Crippen MR) is 99.3 cm³/mol. The fourth-order valence-electron chi connectivity index (χ4n) is 3.11. The maximum atomic E-state index is 12.1. The molecule has 7 heteroatoms. The number of para-hydroxylation sites is 1. The van der Waals surface area contributed by atoms with Gasteiger partial charge in [0.1, 0.15) is 12.4 Å². The van der Waals surface area contributed by atoms with Crippen LogP contribution in [0.1, 0.15) is 18.4 Å². The number of nitrogens with zero attached hydrogens (tertiary/aromatic N) is 1.